The molecule has 2 rings (SSSR count). The fourth-order valence-corrected chi connectivity index (χ4v) is 2.76. The van der Waals surface area contributed by atoms with E-state index in [0.29, 0.717) is 13.2 Å². The van der Waals surface area contributed by atoms with Crippen molar-refractivity contribution in [2.75, 3.05) is 13.2 Å². The summed E-state index contributed by atoms with van der Waals surface area (Å²) in [5.41, 5.74) is 3.48. The fraction of sp³-hybridized carbons (Fsp3) is 0.429. The Bertz CT molecular complexity index is 750. The van der Waals surface area contributed by atoms with Crippen LogP contribution in [0.3, 0.4) is 0 Å². The summed E-state index contributed by atoms with van der Waals surface area (Å²) >= 11 is 0. The Morgan fingerprint density at radius 2 is 1.89 bits per heavy atom. The Labute approximate surface area is 161 Å². The van der Waals surface area contributed by atoms with Gasteiger partial charge in [0.25, 0.3) is 0 Å². The van der Waals surface area contributed by atoms with E-state index in [9.17, 15) is 9.59 Å². The van der Waals surface area contributed by atoms with Gasteiger partial charge in [0.1, 0.15) is 6.54 Å². The second-order valence-corrected chi connectivity index (χ2v) is 6.80. The van der Waals surface area contributed by atoms with Gasteiger partial charge in [0.15, 0.2) is 0 Å². The highest BCUT2D eigenvalue weighted by atomic mass is 16.5. The Morgan fingerprint density at radius 1 is 1.19 bits per heavy atom. The number of nitrogens with one attached hydrogen (secondary N) is 1. The molecule has 0 aliphatic carbocycles. The van der Waals surface area contributed by atoms with Crippen LogP contribution in [0, 0.1) is 6.92 Å². The van der Waals surface area contributed by atoms with Crippen LogP contribution in [0.1, 0.15) is 37.6 Å². The molecule has 0 aliphatic heterocycles. The van der Waals surface area contributed by atoms with Crippen molar-refractivity contribution in [2.24, 2.45) is 0 Å². The largest absolute Gasteiger partial charge is 0.465 e. The van der Waals surface area contributed by atoms with Crippen LogP contribution in [0.2, 0.25) is 0 Å². The first kappa shape index (κ1) is 20.6. The average Bonchev–Trinajstić information content (AvgIpc) is 3.06. The number of ether oxygens (including phenoxy) is 1. The van der Waals surface area contributed by atoms with Gasteiger partial charge in [-0.25, -0.2) is 4.79 Å². The van der Waals surface area contributed by atoms with E-state index in [-0.39, 0.29) is 18.6 Å². The van der Waals surface area contributed by atoms with E-state index < -0.39 is 5.97 Å². The molecule has 2 amide bonds. The first-order valence-electron chi connectivity index (χ1n) is 9.30. The van der Waals surface area contributed by atoms with Gasteiger partial charge in [-0.3, -0.25) is 4.79 Å². The number of amides is 2. The van der Waals surface area contributed by atoms with Crippen LogP contribution < -0.4 is 5.32 Å². The van der Waals surface area contributed by atoms with Crippen LogP contribution >= 0.6 is 0 Å². The number of nitrogens with zero attached hydrogens (tertiary/aromatic N) is 2. The summed E-state index contributed by atoms with van der Waals surface area (Å²) in [7, 11) is 0. The summed E-state index contributed by atoms with van der Waals surface area (Å²) in [6, 6.07) is 12.2. The minimum Gasteiger partial charge on any atom is -0.465 e. The van der Waals surface area contributed by atoms with Crippen LogP contribution in [0.5, 0.6) is 0 Å². The standard InChI is InChI=1S/C21H29N3O3/c1-5-27-20(25)13-22-21(26)24(16(2)3)15-19-7-6-12-23(19)14-18-10-8-17(4)9-11-18/h6-12,16H,5,13-15H2,1-4H3,(H,22,26). The van der Waals surface area contributed by atoms with Crippen molar-refractivity contribution in [3.8, 4) is 0 Å². The van der Waals surface area contributed by atoms with E-state index in [1.807, 2.05) is 32.2 Å². The topological polar surface area (TPSA) is 63.6 Å². The summed E-state index contributed by atoms with van der Waals surface area (Å²) in [5.74, 6) is -0.433. The van der Waals surface area contributed by atoms with Gasteiger partial charge in [-0.1, -0.05) is 29.8 Å². The lowest BCUT2D eigenvalue weighted by Gasteiger charge is -2.27. The second-order valence-electron chi connectivity index (χ2n) is 6.80. The van der Waals surface area contributed by atoms with Gasteiger partial charge >= 0.3 is 12.0 Å². The van der Waals surface area contributed by atoms with Crippen LogP contribution in [0.25, 0.3) is 0 Å². The smallest absolute Gasteiger partial charge is 0.325 e. The summed E-state index contributed by atoms with van der Waals surface area (Å²) < 4.78 is 6.99. The maximum absolute atomic E-state index is 12.5. The minimum absolute atomic E-state index is 0.00470. The minimum atomic E-state index is -0.433. The molecule has 1 heterocycles. The zero-order valence-corrected chi connectivity index (χ0v) is 16.6. The molecule has 6 nitrogen and oxygen atoms in total. The predicted molar refractivity (Wildman–Crippen MR) is 105 cm³/mol. The number of rotatable bonds is 8. The van der Waals surface area contributed by atoms with Crippen molar-refractivity contribution in [1.29, 1.82) is 0 Å². The maximum Gasteiger partial charge on any atom is 0.325 e. The van der Waals surface area contributed by atoms with Crippen molar-refractivity contribution in [3.63, 3.8) is 0 Å². The van der Waals surface area contributed by atoms with Gasteiger partial charge in [0.2, 0.25) is 0 Å². The Morgan fingerprint density at radius 3 is 2.52 bits per heavy atom. The van der Waals surface area contributed by atoms with Gasteiger partial charge in [0.05, 0.1) is 13.2 Å². The summed E-state index contributed by atoms with van der Waals surface area (Å²) in [5, 5.41) is 2.64. The number of hydrogen-bond donors (Lipinski definition) is 1. The van der Waals surface area contributed by atoms with Gasteiger partial charge < -0.3 is 19.5 Å². The first-order valence-corrected chi connectivity index (χ1v) is 9.30. The molecule has 0 radical (unpaired) electrons. The third kappa shape index (κ3) is 6.16. The van der Waals surface area contributed by atoms with Crippen LogP contribution in [0.4, 0.5) is 4.79 Å². The van der Waals surface area contributed by atoms with Crippen molar-refractivity contribution in [3.05, 3.63) is 59.4 Å². The number of hydrogen-bond acceptors (Lipinski definition) is 3. The van der Waals surface area contributed by atoms with E-state index in [0.717, 1.165) is 12.2 Å². The molecule has 1 aromatic carbocycles. The quantitative estimate of drug-likeness (QED) is 0.724. The summed E-state index contributed by atoms with van der Waals surface area (Å²) in [4.78, 5) is 25.7. The highest BCUT2D eigenvalue weighted by molar-refractivity contribution is 5.81. The number of urea groups is 1. The molecular weight excluding hydrogens is 342 g/mol. The molecular formula is C21H29N3O3. The third-order valence-electron chi connectivity index (χ3n) is 4.30. The predicted octanol–water partition coefficient (Wildman–Crippen LogP) is 3.33. The van der Waals surface area contributed by atoms with Gasteiger partial charge in [-0.05, 0) is 45.4 Å². The lowest BCUT2D eigenvalue weighted by atomic mass is 10.1. The van der Waals surface area contributed by atoms with Crippen molar-refractivity contribution >= 4 is 12.0 Å². The van der Waals surface area contributed by atoms with Gasteiger partial charge in [-0.15, -0.1) is 0 Å². The molecule has 0 spiro atoms. The average molecular weight is 371 g/mol. The summed E-state index contributed by atoms with van der Waals surface area (Å²) in [6.07, 6.45) is 2.02. The number of benzene rings is 1. The Kier molecular flexibility index (Phi) is 7.46. The zero-order chi connectivity index (χ0) is 19.8. The number of carbonyl (C=O) groups is 2. The summed E-state index contributed by atoms with van der Waals surface area (Å²) in [6.45, 7) is 9.11. The van der Waals surface area contributed by atoms with Crippen LogP contribution in [-0.2, 0) is 22.6 Å². The van der Waals surface area contributed by atoms with Crippen molar-refractivity contribution < 1.29 is 14.3 Å². The number of aryl methyl sites for hydroxylation is 1. The van der Waals surface area contributed by atoms with Gasteiger partial charge in [-0.2, -0.15) is 0 Å². The molecule has 6 heteroatoms. The SMILES string of the molecule is CCOC(=O)CNC(=O)N(Cc1cccn1Cc1ccc(C)cc1)C(C)C. The van der Waals surface area contributed by atoms with E-state index in [1.54, 1.807) is 11.8 Å². The van der Waals surface area contributed by atoms with E-state index in [2.05, 4.69) is 41.1 Å². The number of carbonyl (C=O) groups excluding carboxylic acids is 2. The van der Waals surface area contributed by atoms with Gasteiger partial charge in [0, 0.05) is 24.5 Å². The molecule has 0 unspecified atom stereocenters. The monoisotopic (exact) mass is 371 g/mol. The van der Waals surface area contributed by atoms with E-state index >= 15 is 0 Å². The molecule has 2 aromatic rings. The first-order chi connectivity index (χ1) is 12.9. The normalized spacial score (nSPS) is 10.7. The molecule has 0 saturated heterocycles. The third-order valence-corrected chi connectivity index (χ3v) is 4.30. The van der Waals surface area contributed by atoms with Crippen LogP contribution in [-0.4, -0.2) is 40.7 Å². The van der Waals surface area contributed by atoms with Crippen molar-refractivity contribution in [1.82, 2.24) is 14.8 Å². The number of aromatic nitrogens is 1. The Balaban J connectivity index is 2.04. The highest BCUT2D eigenvalue weighted by Gasteiger charge is 2.19. The molecule has 0 atom stereocenters. The molecule has 27 heavy (non-hydrogen) atoms. The van der Waals surface area contributed by atoms with E-state index in [1.165, 1.54) is 11.1 Å². The Hall–Kier alpha value is -2.76. The molecule has 0 saturated carbocycles. The van der Waals surface area contributed by atoms with E-state index in [4.69, 9.17) is 4.74 Å². The zero-order valence-electron chi connectivity index (χ0n) is 16.6. The fourth-order valence-electron chi connectivity index (χ4n) is 2.76. The molecule has 1 aromatic heterocycles. The van der Waals surface area contributed by atoms with Crippen molar-refractivity contribution in [2.45, 2.75) is 46.8 Å². The maximum atomic E-state index is 12.5. The molecule has 146 valence electrons. The molecule has 1 N–H and O–H groups in total. The van der Waals surface area contributed by atoms with Crippen LogP contribution in [0.15, 0.2) is 42.6 Å². The molecule has 0 bridgehead atoms. The lowest BCUT2D eigenvalue weighted by Crippen LogP contribution is -2.45. The molecule has 0 fully saturated rings. The second kappa shape index (κ2) is 9.80. The highest BCUT2D eigenvalue weighted by Crippen LogP contribution is 2.13. The lowest BCUT2D eigenvalue weighted by molar-refractivity contribution is -0.141. The molecule has 0 aliphatic rings. The number of esters is 1.